The van der Waals surface area contributed by atoms with Gasteiger partial charge < -0.3 is 9.47 Å². The Hall–Kier alpha value is -2.09. The molecule has 0 atom stereocenters. The predicted molar refractivity (Wildman–Crippen MR) is 105 cm³/mol. The summed E-state index contributed by atoms with van der Waals surface area (Å²) in [6, 6.07) is 3.80. The van der Waals surface area contributed by atoms with Gasteiger partial charge in [0.1, 0.15) is 19.3 Å². The first-order valence-corrected chi connectivity index (χ1v) is 9.44. The van der Waals surface area contributed by atoms with E-state index in [-0.39, 0.29) is 0 Å². The smallest absolute Gasteiger partial charge is 0.163 e. The number of ether oxygens (including phenoxy) is 2. The highest BCUT2D eigenvalue weighted by atomic mass is 35.5. The van der Waals surface area contributed by atoms with E-state index in [9.17, 15) is 0 Å². The molecule has 1 fully saturated rings. The molecule has 2 aromatic rings. The van der Waals surface area contributed by atoms with Crippen molar-refractivity contribution in [2.45, 2.75) is 13.1 Å². The van der Waals surface area contributed by atoms with Gasteiger partial charge in [0.05, 0.1) is 13.7 Å². The van der Waals surface area contributed by atoms with Gasteiger partial charge >= 0.3 is 0 Å². The Morgan fingerprint density at radius 2 is 1.93 bits per heavy atom. The topological polar surface area (TPSA) is 55.7 Å². The van der Waals surface area contributed by atoms with E-state index in [1.807, 2.05) is 16.8 Å². The molecule has 0 amide bonds. The third kappa shape index (κ3) is 5.45. The maximum absolute atomic E-state index is 6.48. The summed E-state index contributed by atoms with van der Waals surface area (Å²) >= 11 is 6.48. The van der Waals surface area contributed by atoms with Crippen LogP contribution in [0.3, 0.4) is 0 Å². The van der Waals surface area contributed by atoms with Crippen LogP contribution in [0.15, 0.2) is 37.4 Å². The lowest BCUT2D eigenvalue weighted by atomic mass is 10.1. The largest absolute Gasteiger partial charge is 0.493 e. The minimum absolute atomic E-state index is 0.419. The maximum Gasteiger partial charge on any atom is 0.163 e. The Morgan fingerprint density at radius 3 is 2.59 bits per heavy atom. The van der Waals surface area contributed by atoms with Crippen molar-refractivity contribution in [3.05, 3.63) is 48.0 Å². The van der Waals surface area contributed by atoms with Gasteiger partial charge in [-0.05, 0) is 11.6 Å². The second kappa shape index (κ2) is 9.73. The van der Waals surface area contributed by atoms with Crippen LogP contribution >= 0.6 is 11.6 Å². The summed E-state index contributed by atoms with van der Waals surface area (Å²) in [5.74, 6) is 1.34. The van der Waals surface area contributed by atoms with E-state index in [0.717, 1.165) is 51.4 Å². The zero-order chi connectivity index (χ0) is 19.1. The Balaban J connectivity index is 1.52. The molecule has 1 saturated heterocycles. The standard InChI is InChI=1S/C19H26ClN5O2/c1-3-10-27-19-12-17(20)16(11-18(19)26-2)13-24-6-4-23(5-7-24)8-9-25-15-21-14-22-25/h3,11-12,14-15H,1,4-10,13H2,2H3. The fourth-order valence-corrected chi connectivity index (χ4v) is 3.34. The van der Waals surface area contributed by atoms with Gasteiger partial charge in [0.25, 0.3) is 0 Å². The van der Waals surface area contributed by atoms with Gasteiger partial charge in [-0.1, -0.05) is 24.3 Å². The minimum atomic E-state index is 0.419. The molecule has 27 heavy (non-hydrogen) atoms. The molecular weight excluding hydrogens is 366 g/mol. The second-order valence-electron chi connectivity index (χ2n) is 6.47. The van der Waals surface area contributed by atoms with Crippen LogP contribution in [-0.4, -0.2) is 71.0 Å². The summed E-state index contributed by atoms with van der Waals surface area (Å²) in [4.78, 5) is 8.84. The Morgan fingerprint density at radius 1 is 1.15 bits per heavy atom. The zero-order valence-electron chi connectivity index (χ0n) is 15.7. The van der Waals surface area contributed by atoms with E-state index in [4.69, 9.17) is 21.1 Å². The van der Waals surface area contributed by atoms with E-state index in [1.54, 1.807) is 25.8 Å². The molecule has 1 aliphatic heterocycles. The molecular formula is C19H26ClN5O2. The van der Waals surface area contributed by atoms with Crippen molar-refractivity contribution in [3.8, 4) is 11.5 Å². The fourth-order valence-electron chi connectivity index (χ4n) is 3.12. The summed E-state index contributed by atoms with van der Waals surface area (Å²) < 4.78 is 12.9. The summed E-state index contributed by atoms with van der Waals surface area (Å²) in [6.45, 7) is 10.8. The van der Waals surface area contributed by atoms with Crippen LogP contribution in [0.4, 0.5) is 0 Å². The fraction of sp³-hybridized carbons (Fsp3) is 0.474. The molecule has 0 spiro atoms. The first-order valence-electron chi connectivity index (χ1n) is 9.07. The molecule has 0 aliphatic carbocycles. The molecule has 1 aromatic carbocycles. The molecule has 2 heterocycles. The minimum Gasteiger partial charge on any atom is -0.493 e. The van der Waals surface area contributed by atoms with E-state index in [2.05, 4.69) is 26.5 Å². The van der Waals surface area contributed by atoms with Gasteiger partial charge in [0.2, 0.25) is 0 Å². The number of nitrogens with zero attached hydrogens (tertiary/aromatic N) is 5. The molecule has 0 N–H and O–H groups in total. The number of aromatic nitrogens is 3. The van der Waals surface area contributed by atoms with Gasteiger partial charge in [-0.15, -0.1) is 0 Å². The van der Waals surface area contributed by atoms with Gasteiger partial charge in [-0.25, -0.2) is 4.98 Å². The van der Waals surface area contributed by atoms with Gasteiger partial charge in [-0.3, -0.25) is 14.5 Å². The van der Waals surface area contributed by atoms with Crippen LogP contribution in [0.25, 0.3) is 0 Å². The third-order valence-corrected chi connectivity index (χ3v) is 5.01. The quantitative estimate of drug-likeness (QED) is 0.611. The van der Waals surface area contributed by atoms with E-state index in [1.165, 1.54) is 0 Å². The normalized spacial score (nSPS) is 15.6. The predicted octanol–water partition coefficient (Wildman–Crippen LogP) is 2.32. The van der Waals surface area contributed by atoms with Crippen molar-refractivity contribution < 1.29 is 9.47 Å². The van der Waals surface area contributed by atoms with Crippen molar-refractivity contribution in [2.24, 2.45) is 0 Å². The van der Waals surface area contributed by atoms with E-state index >= 15 is 0 Å². The highest BCUT2D eigenvalue weighted by Gasteiger charge is 2.19. The Labute approximate surface area is 165 Å². The highest BCUT2D eigenvalue weighted by molar-refractivity contribution is 6.31. The number of hydrogen-bond acceptors (Lipinski definition) is 6. The number of halogens is 1. The van der Waals surface area contributed by atoms with Crippen molar-refractivity contribution in [1.29, 1.82) is 0 Å². The highest BCUT2D eigenvalue weighted by Crippen LogP contribution is 2.34. The SMILES string of the molecule is C=CCOc1cc(Cl)c(CN2CCN(CCn3cncn3)CC2)cc1OC. The summed E-state index contributed by atoms with van der Waals surface area (Å²) in [5, 5.41) is 4.85. The van der Waals surface area contributed by atoms with Gasteiger partial charge in [0.15, 0.2) is 11.5 Å². The zero-order valence-corrected chi connectivity index (χ0v) is 16.4. The lowest BCUT2D eigenvalue weighted by molar-refractivity contribution is 0.123. The van der Waals surface area contributed by atoms with Crippen LogP contribution in [-0.2, 0) is 13.1 Å². The molecule has 1 aliphatic rings. The van der Waals surface area contributed by atoms with Crippen LogP contribution in [0.5, 0.6) is 11.5 Å². The van der Waals surface area contributed by atoms with Gasteiger partial charge in [-0.2, -0.15) is 5.10 Å². The number of methoxy groups -OCH3 is 1. The average Bonchev–Trinajstić information content (AvgIpc) is 3.21. The molecule has 146 valence electrons. The summed E-state index contributed by atoms with van der Waals surface area (Å²) in [7, 11) is 1.64. The van der Waals surface area contributed by atoms with Crippen molar-refractivity contribution in [3.63, 3.8) is 0 Å². The van der Waals surface area contributed by atoms with Crippen LogP contribution < -0.4 is 9.47 Å². The van der Waals surface area contributed by atoms with Crippen LogP contribution in [0.1, 0.15) is 5.56 Å². The van der Waals surface area contributed by atoms with Crippen LogP contribution in [0.2, 0.25) is 5.02 Å². The molecule has 0 saturated carbocycles. The van der Waals surface area contributed by atoms with E-state index in [0.29, 0.717) is 23.1 Å². The lowest BCUT2D eigenvalue weighted by Gasteiger charge is -2.34. The Kier molecular flexibility index (Phi) is 7.09. The van der Waals surface area contributed by atoms with Crippen LogP contribution in [0, 0.1) is 0 Å². The van der Waals surface area contributed by atoms with Gasteiger partial charge in [0, 0.05) is 50.4 Å². The van der Waals surface area contributed by atoms with Crippen molar-refractivity contribution in [2.75, 3.05) is 46.4 Å². The lowest BCUT2D eigenvalue weighted by Crippen LogP contribution is -2.46. The summed E-state index contributed by atoms with van der Waals surface area (Å²) in [6.07, 6.45) is 5.03. The monoisotopic (exact) mass is 391 g/mol. The molecule has 7 nitrogen and oxygen atoms in total. The number of hydrogen-bond donors (Lipinski definition) is 0. The molecule has 3 rings (SSSR count). The van der Waals surface area contributed by atoms with Crippen molar-refractivity contribution in [1.82, 2.24) is 24.6 Å². The average molecular weight is 392 g/mol. The molecule has 0 radical (unpaired) electrons. The first-order chi connectivity index (χ1) is 13.2. The molecule has 8 heteroatoms. The van der Waals surface area contributed by atoms with Crippen molar-refractivity contribution >= 4 is 11.6 Å². The van der Waals surface area contributed by atoms with E-state index < -0.39 is 0 Å². The number of benzene rings is 1. The number of piperazine rings is 1. The maximum atomic E-state index is 6.48. The second-order valence-corrected chi connectivity index (χ2v) is 6.88. The number of rotatable bonds is 9. The third-order valence-electron chi connectivity index (χ3n) is 4.66. The summed E-state index contributed by atoms with van der Waals surface area (Å²) in [5.41, 5.74) is 1.05. The molecule has 1 aromatic heterocycles. The molecule has 0 bridgehead atoms. The molecule has 0 unspecified atom stereocenters. The Bertz CT molecular complexity index is 730. The first kappa shape index (κ1) is 19.7.